The first-order valence-electron chi connectivity index (χ1n) is 7.94. The van der Waals surface area contributed by atoms with E-state index in [-0.39, 0.29) is 9.77 Å². The van der Waals surface area contributed by atoms with Gasteiger partial charge in [0.2, 0.25) is 0 Å². The fourth-order valence-corrected chi connectivity index (χ4v) is 6.11. The summed E-state index contributed by atoms with van der Waals surface area (Å²) in [6.45, 7) is 3.00. The monoisotopic (exact) mass is 381 g/mol. The van der Waals surface area contributed by atoms with Gasteiger partial charge in [0.05, 0.1) is 5.56 Å². The van der Waals surface area contributed by atoms with Crippen LogP contribution >= 0.6 is 11.3 Å². The van der Waals surface area contributed by atoms with Crippen LogP contribution < -0.4 is 10.0 Å². The van der Waals surface area contributed by atoms with Crippen molar-refractivity contribution in [2.45, 2.75) is 36.6 Å². The summed E-state index contributed by atoms with van der Waals surface area (Å²) in [4.78, 5) is 16.5. The van der Waals surface area contributed by atoms with Crippen molar-refractivity contribution in [3.8, 4) is 0 Å². The van der Waals surface area contributed by atoms with Crippen LogP contribution in [0.1, 0.15) is 45.7 Å². The Morgan fingerprint density at radius 2 is 2.32 bits per heavy atom. The second-order valence-electron chi connectivity index (χ2n) is 5.77. The van der Waals surface area contributed by atoms with Crippen LogP contribution in [-0.2, 0) is 23.0 Å². The van der Waals surface area contributed by atoms with E-state index in [1.165, 1.54) is 0 Å². The molecule has 0 saturated carbocycles. The highest BCUT2D eigenvalue weighted by Gasteiger charge is 2.33. The van der Waals surface area contributed by atoms with E-state index in [0.29, 0.717) is 31.5 Å². The number of nitrogens with one attached hydrogen (secondary N) is 2. The van der Waals surface area contributed by atoms with E-state index in [9.17, 15) is 18.3 Å². The second-order valence-corrected chi connectivity index (χ2v) is 8.78. The number of sulfonamides is 1. The number of carbonyl (C=O) groups is 1. The quantitative estimate of drug-likeness (QED) is 0.705. The van der Waals surface area contributed by atoms with E-state index in [4.69, 9.17) is 0 Å². The van der Waals surface area contributed by atoms with Gasteiger partial charge in [-0.3, -0.25) is 4.98 Å². The molecule has 1 aliphatic heterocycles. The van der Waals surface area contributed by atoms with Crippen LogP contribution in [0.2, 0.25) is 0 Å². The van der Waals surface area contributed by atoms with Crippen molar-refractivity contribution < 1.29 is 18.3 Å². The van der Waals surface area contributed by atoms with Crippen molar-refractivity contribution in [2.75, 3.05) is 6.54 Å². The topological polar surface area (TPSA) is 108 Å². The molecule has 134 valence electrons. The molecule has 0 bridgehead atoms. The minimum absolute atomic E-state index is 0.0879. The van der Waals surface area contributed by atoms with Gasteiger partial charge in [0.1, 0.15) is 4.21 Å². The zero-order valence-electron chi connectivity index (χ0n) is 13.7. The van der Waals surface area contributed by atoms with E-state index in [1.54, 1.807) is 24.5 Å². The highest BCUT2D eigenvalue weighted by atomic mass is 32.2. The first kappa shape index (κ1) is 18.0. The molecule has 2 aromatic heterocycles. The lowest BCUT2D eigenvalue weighted by Crippen LogP contribution is -2.29. The van der Waals surface area contributed by atoms with E-state index in [1.807, 2.05) is 6.92 Å². The number of fused-ring (bicyclic) bond motifs is 1. The molecule has 25 heavy (non-hydrogen) atoms. The van der Waals surface area contributed by atoms with Gasteiger partial charge in [-0.25, -0.2) is 17.9 Å². The predicted molar refractivity (Wildman–Crippen MR) is 94.3 cm³/mol. The van der Waals surface area contributed by atoms with Crippen LogP contribution in [0.25, 0.3) is 0 Å². The van der Waals surface area contributed by atoms with Crippen molar-refractivity contribution in [3.05, 3.63) is 46.1 Å². The summed E-state index contributed by atoms with van der Waals surface area (Å²) < 4.78 is 28.4. The Kier molecular flexibility index (Phi) is 5.19. The molecule has 0 fully saturated rings. The van der Waals surface area contributed by atoms with E-state index < -0.39 is 22.0 Å². The molecule has 0 amide bonds. The number of hydrogen-bond donors (Lipinski definition) is 3. The van der Waals surface area contributed by atoms with Gasteiger partial charge < -0.3 is 10.4 Å². The van der Waals surface area contributed by atoms with Gasteiger partial charge in [0, 0.05) is 29.9 Å². The first-order valence-corrected chi connectivity index (χ1v) is 10.2. The number of rotatable bonds is 6. The Morgan fingerprint density at radius 1 is 1.52 bits per heavy atom. The largest absolute Gasteiger partial charge is 0.478 e. The van der Waals surface area contributed by atoms with Crippen LogP contribution in [0.3, 0.4) is 0 Å². The number of hydrogen-bond acceptors (Lipinski definition) is 6. The van der Waals surface area contributed by atoms with Crippen molar-refractivity contribution in [1.29, 1.82) is 0 Å². The fourth-order valence-electron chi connectivity index (χ4n) is 2.93. The van der Waals surface area contributed by atoms with Crippen LogP contribution in [0.15, 0.2) is 28.7 Å². The fraction of sp³-hybridized carbons (Fsp3) is 0.375. The zero-order valence-corrected chi connectivity index (χ0v) is 15.3. The standard InChI is InChI=1S/C16H19N3O4S2/c1-2-12(10-4-3-6-17-8-10)19-25(22,23)16-14(15(20)21)11-5-7-18-9-13(11)24-16/h3-4,6,8,12,18-19H,2,5,7,9H2,1H3,(H,20,21)/t12-/m1/s1. The molecule has 1 atom stereocenters. The first-order chi connectivity index (χ1) is 11.9. The molecule has 1 aliphatic rings. The molecule has 0 saturated heterocycles. The minimum Gasteiger partial charge on any atom is -0.478 e. The van der Waals surface area contributed by atoms with Crippen LogP contribution in [0, 0.1) is 0 Å². The summed E-state index contributed by atoms with van der Waals surface area (Å²) >= 11 is 1.04. The second kappa shape index (κ2) is 7.20. The van der Waals surface area contributed by atoms with Crippen LogP contribution in [0.4, 0.5) is 0 Å². The van der Waals surface area contributed by atoms with E-state index >= 15 is 0 Å². The maximum absolute atomic E-state index is 12.9. The van der Waals surface area contributed by atoms with Crippen molar-refractivity contribution >= 4 is 27.3 Å². The molecule has 0 aliphatic carbocycles. The normalized spacial score (nSPS) is 15.6. The van der Waals surface area contributed by atoms with Crippen LogP contribution in [-0.4, -0.2) is 31.0 Å². The summed E-state index contributed by atoms with van der Waals surface area (Å²) in [6.07, 6.45) is 4.27. The van der Waals surface area contributed by atoms with Crippen molar-refractivity contribution in [2.24, 2.45) is 0 Å². The molecule has 3 N–H and O–H groups in total. The molecule has 0 aromatic carbocycles. The third-order valence-electron chi connectivity index (χ3n) is 4.15. The molecule has 2 aromatic rings. The van der Waals surface area contributed by atoms with Gasteiger partial charge in [0.25, 0.3) is 10.0 Å². The summed E-state index contributed by atoms with van der Waals surface area (Å²) in [7, 11) is -3.96. The number of pyridine rings is 1. The average Bonchev–Trinajstić information content (AvgIpc) is 3.01. The summed E-state index contributed by atoms with van der Waals surface area (Å²) in [5.41, 5.74) is 1.29. The number of carboxylic acids is 1. The molecular weight excluding hydrogens is 362 g/mol. The number of thiophene rings is 1. The number of aromatic carboxylic acids is 1. The van der Waals surface area contributed by atoms with Gasteiger partial charge >= 0.3 is 5.97 Å². The number of carboxylic acid groups (broad SMARTS) is 1. The Bertz CT molecular complexity index is 878. The highest BCUT2D eigenvalue weighted by Crippen LogP contribution is 2.35. The third kappa shape index (κ3) is 3.59. The van der Waals surface area contributed by atoms with Gasteiger partial charge in [-0.05, 0) is 36.6 Å². The summed E-state index contributed by atoms with van der Waals surface area (Å²) in [5, 5.41) is 12.7. The minimum atomic E-state index is -3.96. The maximum Gasteiger partial charge on any atom is 0.338 e. The summed E-state index contributed by atoms with van der Waals surface area (Å²) in [6, 6.07) is 3.08. The van der Waals surface area contributed by atoms with Gasteiger partial charge in [-0.1, -0.05) is 13.0 Å². The summed E-state index contributed by atoms with van der Waals surface area (Å²) in [5.74, 6) is -1.20. The Balaban J connectivity index is 2.00. The van der Waals surface area contributed by atoms with Crippen LogP contribution in [0.5, 0.6) is 0 Å². The predicted octanol–water partition coefficient (Wildman–Crippen LogP) is 1.92. The Hall–Kier alpha value is -1.81. The lowest BCUT2D eigenvalue weighted by Gasteiger charge is -2.17. The lowest BCUT2D eigenvalue weighted by molar-refractivity contribution is 0.0692. The number of aromatic nitrogens is 1. The Morgan fingerprint density at radius 3 is 2.96 bits per heavy atom. The van der Waals surface area contributed by atoms with Crippen molar-refractivity contribution in [1.82, 2.24) is 15.0 Å². The molecule has 0 unspecified atom stereocenters. The van der Waals surface area contributed by atoms with Gasteiger partial charge in [-0.15, -0.1) is 11.3 Å². The average molecular weight is 381 g/mol. The zero-order chi connectivity index (χ0) is 18.0. The van der Waals surface area contributed by atoms with Gasteiger partial charge in [0.15, 0.2) is 0 Å². The van der Waals surface area contributed by atoms with E-state index in [0.717, 1.165) is 21.8 Å². The molecule has 3 rings (SSSR count). The molecule has 7 nitrogen and oxygen atoms in total. The Labute approximate surface area is 150 Å². The molecule has 9 heteroatoms. The highest BCUT2D eigenvalue weighted by molar-refractivity contribution is 7.91. The third-order valence-corrected chi connectivity index (χ3v) is 7.37. The van der Waals surface area contributed by atoms with E-state index in [2.05, 4.69) is 15.0 Å². The smallest absolute Gasteiger partial charge is 0.338 e. The SMILES string of the molecule is CC[C@@H](NS(=O)(=O)c1sc2c(c1C(=O)O)CCNC2)c1cccnc1. The molecular formula is C16H19N3O4S2. The molecule has 0 radical (unpaired) electrons. The molecule has 3 heterocycles. The van der Waals surface area contributed by atoms with Crippen molar-refractivity contribution in [3.63, 3.8) is 0 Å². The molecule has 0 spiro atoms. The maximum atomic E-state index is 12.9. The number of nitrogens with zero attached hydrogens (tertiary/aromatic N) is 1. The lowest BCUT2D eigenvalue weighted by atomic mass is 10.1. The van der Waals surface area contributed by atoms with Gasteiger partial charge in [-0.2, -0.15) is 0 Å².